The molecule has 0 saturated carbocycles. The van der Waals surface area contributed by atoms with E-state index in [0.717, 1.165) is 18.8 Å². The van der Waals surface area contributed by atoms with E-state index in [-0.39, 0.29) is 0 Å². The van der Waals surface area contributed by atoms with Crippen LogP contribution in [0.2, 0.25) is 0 Å². The van der Waals surface area contributed by atoms with E-state index >= 15 is 0 Å². The second-order valence-electron chi connectivity index (χ2n) is 3.94. The van der Waals surface area contributed by atoms with Crippen molar-refractivity contribution in [1.82, 2.24) is 15.1 Å². The first-order valence-corrected chi connectivity index (χ1v) is 6.34. The van der Waals surface area contributed by atoms with Crippen molar-refractivity contribution < 1.29 is 0 Å². The standard InChI is InChI=1S/C11H21N3S/c1-6-12-7-10-9(4)13-14(5)11(10)15-8(2)3/h8,12H,6-7H2,1-5H3. The number of rotatable bonds is 5. The largest absolute Gasteiger partial charge is 0.313 e. The second-order valence-corrected chi connectivity index (χ2v) is 5.50. The molecule has 15 heavy (non-hydrogen) atoms. The number of nitrogens with one attached hydrogen (secondary N) is 1. The Bertz CT molecular complexity index is 318. The Labute approximate surface area is 96.6 Å². The Hall–Kier alpha value is -0.480. The highest BCUT2D eigenvalue weighted by molar-refractivity contribution is 7.99. The van der Waals surface area contributed by atoms with Gasteiger partial charge in [-0.15, -0.1) is 11.8 Å². The van der Waals surface area contributed by atoms with E-state index in [1.54, 1.807) is 0 Å². The number of nitrogens with zero attached hydrogens (tertiary/aromatic N) is 2. The lowest BCUT2D eigenvalue weighted by atomic mass is 10.2. The van der Waals surface area contributed by atoms with Crippen molar-refractivity contribution in [2.24, 2.45) is 7.05 Å². The predicted molar refractivity (Wildman–Crippen MR) is 66.3 cm³/mol. The molecule has 1 heterocycles. The van der Waals surface area contributed by atoms with Crippen molar-refractivity contribution >= 4 is 11.8 Å². The van der Waals surface area contributed by atoms with Crippen LogP contribution in [0.4, 0.5) is 0 Å². The molecule has 0 saturated heterocycles. The van der Waals surface area contributed by atoms with Gasteiger partial charge in [0.05, 0.1) is 10.7 Å². The quantitative estimate of drug-likeness (QED) is 0.783. The zero-order chi connectivity index (χ0) is 11.4. The summed E-state index contributed by atoms with van der Waals surface area (Å²) in [5.41, 5.74) is 2.49. The van der Waals surface area contributed by atoms with Crippen molar-refractivity contribution in [2.75, 3.05) is 6.54 Å². The molecule has 1 aromatic heterocycles. The smallest absolute Gasteiger partial charge is 0.0986 e. The van der Waals surface area contributed by atoms with Gasteiger partial charge in [-0.1, -0.05) is 20.8 Å². The highest BCUT2D eigenvalue weighted by Gasteiger charge is 2.14. The average molecular weight is 227 g/mol. The fourth-order valence-electron chi connectivity index (χ4n) is 1.51. The van der Waals surface area contributed by atoms with Gasteiger partial charge in [0.1, 0.15) is 0 Å². The molecule has 0 amide bonds. The molecule has 0 atom stereocenters. The second kappa shape index (κ2) is 5.56. The van der Waals surface area contributed by atoms with Crippen LogP contribution in [-0.2, 0) is 13.6 Å². The Morgan fingerprint density at radius 3 is 2.67 bits per heavy atom. The van der Waals surface area contributed by atoms with Crippen LogP contribution in [0.5, 0.6) is 0 Å². The molecule has 1 aromatic rings. The summed E-state index contributed by atoms with van der Waals surface area (Å²) in [5.74, 6) is 0. The molecule has 3 nitrogen and oxygen atoms in total. The van der Waals surface area contributed by atoms with Crippen LogP contribution >= 0.6 is 11.8 Å². The molecule has 0 aliphatic carbocycles. The van der Waals surface area contributed by atoms with Crippen molar-refractivity contribution in [1.29, 1.82) is 0 Å². The van der Waals surface area contributed by atoms with Gasteiger partial charge < -0.3 is 5.32 Å². The first kappa shape index (κ1) is 12.6. The predicted octanol–water partition coefficient (Wildman–Crippen LogP) is 2.34. The van der Waals surface area contributed by atoms with Crippen LogP contribution in [0.1, 0.15) is 32.0 Å². The van der Waals surface area contributed by atoms with E-state index in [4.69, 9.17) is 0 Å². The Balaban J connectivity index is 2.89. The maximum atomic E-state index is 4.47. The molecule has 0 aliphatic heterocycles. The van der Waals surface area contributed by atoms with Gasteiger partial charge in [-0.25, -0.2) is 0 Å². The molecule has 1 N–H and O–H groups in total. The van der Waals surface area contributed by atoms with Crippen LogP contribution in [0.25, 0.3) is 0 Å². The molecule has 0 fully saturated rings. The third-order valence-electron chi connectivity index (χ3n) is 2.19. The van der Waals surface area contributed by atoms with Crippen LogP contribution < -0.4 is 5.32 Å². The Morgan fingerprint density at radius 1 is 1.47 bits per heavy atom. The zero-order valence-corrected chi connectivity index (χ0v) is 11.1. The molecule has 0 radical (unpaired) electrons. The first-order valence-electron chi connectivity index (χ1n) is 5.46. The SMILES string of the molecule is CCNCc1c(C)nn(C)c1SC(C)C. The summed E-state index contributed by atoms with van der Waals surface area (Å²) in [6, 6.07) is 0. The van der Waals surface area contributed by atoms with Crippen molar-refractivity contribution in [3.63, 3.8) is 0 Å². The topological polar surface area (TPSA) is 29.9 Å². The van der Waals surface area contributed by atoms with E-state index in [9.17, 15) is 0 Å². The third-order valence-corrected chi connectivity index (χ3v) is 3.39. The van der Waals surface area contributed by atoms with Crippen molar-refractivity contribution in [3.8, 4) is 0 Å². The van der Waals surface area contributed by atoms with Crippen LogP contribution in [-0.4, -0.2) is 21.6 Å². The highest BCUT2D eigenvalue weighted by Crippen LogP contribution is 2.28. The van der Waals surface area contributed by atoms with Gasteiger partial charge in [-0.2, -0.15) is 5.10 Å². The summed E-state index contributed by atoms with van der Waals surface area (Å²) < 4.78 is 1.99. The van der Waals surface area contributed by atoms with Crippen LogP contribution in [0.3, 0.4) is 0 Å². The van der Waals surface area contributed by atoms with Gasteiger partial charge in [-0.3, -0.25) is 4.68 Å². The van der Waals surface area contributed by atoms with Gasteiger partial charge in [0.2, 0.25) is 0 Å². The van der Waals surface area contributed by atoms with Gasteiger partial charge in [0, 0.05) is 24.4 Å². The van der Waals surface area contributed by atoms with Gasteiger partial charge >= 0.3 is 0 Å². The third kappa shape index (κ3) is 3.24. The molecule has 0 unspecified atom stereocenters. The maximum Gasteiger partial charge on any atom is 0.0986 e. The Morgan fingerprint density at radius 2 is 2.13 bits per heavy atom. The van der Waals surface area contributed by atoms with E-state index in [1.807, 2.05) is 23.5 Å². The number of hydrogen-bond acceptors (Lipinski definition) is 3. The number of aryl methyl sites for hydroxylation is 2. The fraction of sp³-hybridized carbons (Fsp3) is 0.727. The maximum absolute atomic E-state index is 4.47. The van der Waals surface area contributed by atoms with Crippen molar-refractivity contribution in [2.45, 2.75) is 44.5 Å². The van der Waals surface area contributed by atoms with Crippen LogP contribution in [0.15, 0.2) is 5.03 Å². The molecule has 0 aromatic carbocycles. The van der Waals surface area contributed by atoms with Gasteiger partial charge in [-0.05, 0) is 13.5 Å². The molecular formula is C11H21N3S. The number of aromatic nitrogens is 2. The molecule has 0 bridgehead atoms. The van der Waals surface area contributed by atoms with E-state index in [1.165, 1.54) is 10.6 Å². The summed E-state index contributed by atoms with van der Waals surface area (Å²) in [6.45, 7) is 10.6. The summed E-state index contributed by atoms with van der Waals surface area (Å²) in [5, 5.41) is 9.73. The summed E-state index contributed by atoms with van der Waals surface area (Å²) in [6.07, 6.45) is 0. The van der Waals surface area contributed by atoms with E-state index in [0.29, 0.717) is 5.25 Å². The number of hydrogen-bond donors (Lipinski definition) is 1. The molecule has 0 spiro atoms. The first-order chi connectivity index (χ1) is 7.06. The molecular weight excluding hydrogens is 206 g/mol. The number of thioether (sulfide) groups is 1. The molecule has 4 heteroatoms. The van der Waals surface area contributed by atoms with E-state index < -0.39 is 0 Å². The summed E-state index contributed by atoms with van der Waals surface area (Å²) in [4.78, 5) is 0. The molecule has 1 rings (SSSR count). The summed E-state index contributed by atoms with van der Waals surface area (Å²) in [7, 11) is 2.02. The minimum absolute atomic E-state index is 0.597. The van der Waals surface area contributed by atoms with E-state index in [2.05, 4.69) is 38.1 Å². The Kier molecular flexibility index (Phi) is 4.67. The minimum Gasteiger partial charge on any atom is -0.313 e. The van der Waals surface area contributed by atoms with Crippen LogP contribution in [0, 0.1) is 6.92 Å². The lowest BCUT2D eigenvalue weighted by molar-refractivity contribution is 0.673. The van der Waals surface area contributed by atoms with Crippen molar-refractivity contribution in [3.05, 3.63) is 11.3 Å². The molecule has 0 aliphatic rings. The highest BCUT2D eigenvalue weighted by atomic mass is 32.2. The zero-order valence-electron chi connectivity index (χ0n) is 10.3. The van der Waals surface area contributed by atoms with Gasteiger partial charge in [0.15, 0.2) is 0 Å². The lowest BCUT2D eigenvalue weighted by Gasteiger charge is -2.08. The lowest BCUT2D eigenvalue weighted by Crippen LogP contribution is -2.13. The monoisotopic (exact) mass is 227 g/mol. The molecule has 86 valence electrons. The summed E-state index contributed by atoms with van der Waals surface area (Å²) >= 11 is 1.88. The average Bonchev–Trinajstić information content (AvgIpc) is 2.39. The normalized spacial score (nSPS) is 11.3. The minimum atomic E-state index is 0.597. The van der Waals surface area contributed by atoms with Gasteiger partial charge in [0.25, 0.3) is 0 Å². The fourth-order valence-corrected chi connectivity index (χ4v) is 2.51.